The number of nitrogens with one attached hydrogen (secondary N) is 2. The molecule has 2 N–H and O–H groups in total. The number of allylic oxidation sites excluding steroid dienone is 2. The lowest BCUT2D eigenvalue weighted by Crippen LogP contribution is -2.33. The Morgan fingerprint density at radius 3 is 2.33 bits per heavy atom. The van der Waals surface area contributed by atoms with Crippen molar-refractivity contribution >= 4 is 35.1 Å². The maximum Gasteiger partial charge on any atom is 0.412 e. The fraction of sp³-hybridized carbons (Fsp3) is 0.379. The first-order valence-corrected chi connectivity index (χ1v) is 14.0. The van der Waals surface area contributed by atoms with Crippen LogP contribution >= 0.6 is 11.8 Å². The highest BCUT2D eigenvalue weighted by atomic mass is 32.2. The molecule has 40 heavy (non-hydrogen) atoms. The molecule has 0 radical (unpaired) electrons. The molecule has 11 heteroatoms. The minimum atomic E-state index is -0.601. The normalized spacial score (nSPS) is 14.4. The Kier molecular flexibility index (Phi) is 8.55. The number of carbonyl (C=O) groups excluding carboxylic acids is 3. The minimum absolute atomic E-state index is 0.137. The van der Waals surface area contributed by atoms with Gasteiger partial charge in [-0.15, -0.1) is 16.9 Å². The van der Waals surface area contributed by atoms with E-state index in [4.69, 9.17) is 4.74 Å². The van der Waals surface area contributed by atoms with Crippen LogP contribution in [0.15, 0.2) is 59.5 Å². The number of aromatic nitrogens is 4. The second-order valence-corrected chi connectivity index (χ2v) is 12.5. The highest BCUT2D eigenvalue weighted by Gasteiger charge is 2.28. The van der Waals surface area contributed by atoms with E-state index in [1.165, 1.54) is 17.8 Å². The summed E-state index contributed by atoms with van der Waals surface area (Å²) in [5.74, 6) is 0.871. The average Bonchev–Trinajstić information content (AvgIpc) is 3.37. The topological polar surface area (TPSA) is 128 Å². The summed E-state index contributed by atoms with van der Waals surface area (Å²) in [5, 5.41) is 18.7. The zero-order valence-corrected chi connectivity index (χ0v) is 24.3. The monoisotopic (exact) mass is 562 g/mol. The van der Waals surface area contributed by atoms with Crippen molar-refractivity contribution < 1.29 is 19.1 Å². The van der Waals surface area contributed by atoms with E-state index in [-0.39, 0.29) is 23.1 Å². The summed E-state index contributed by atoms with van der Waals surface area (Å²) >= 11 is 1.34. The fourth-order valence-electron chi connectivity index (χ4n) is 4.15. The van der Waals surface area contributed by atoms with Crippen molar-refractivity contribution in [3.8, 4) is 0 Å². The number of fused-ring (bicyclic) bond motifs is 1. The number of Topliss-reactive ketones (excluding diaryl/α,β-unsaturated/α-hetero) is 1. The molecule has 3 aromatic rings. The lowest BCUT2D eigenvalue weighted by Gasteiger charge is -2.25. The number of carbonyl (C=O) groups is 3. The second kappa shape index (κ2) is 11.7. The molecule has 1 aliphatic carbocycles. The number of anilines is 1. The van der Waals surface area contributed by atoms with E-state index >= 15 is 0 Å². The Labute approximate surface area is 237 Å². The van der Waals surface area contributed by atoms with Gasteiger partial charge >= 0.3 is 6.09 Å². The fourth-order valence-corrected chi connectivity index (χ4v) is 5.02. The van der Waals surface area contributed by atoms with Crippen LogP contribution in [0.1, 0.15) is 79.7 Å². The minimum Gasteiger partial charge on any atom is -0.444 e. The van der Waals surface area contributed by atoms with Gasteiger partial charge in [-0.25, -0.2) is 9.48 Å². The number of nitrogens with zero attached hydrogens (tertiary/aromatic N) is 4. The van der Waals surface area contributed by atoms with Crippen molar-refractivity contribution in [3.63, 3.8) is 0 Å². The third kappa shape index (κ3) is 7.02. The molecule has 0 saturated heterocycles. The van der Waals surface area contributed by atoms with E-state index in [2.05, 4.69) is 26.2 Å². The lowest BCUT2D eigenvalue weighted by atomic mass is 9.95. The standard InChI is InChI=1S/C29H34N6O4S/c1-28(2,3)35-26(32-33-34-35)24(18-11-13-19(14-12-18)31-27(38)39-29(4,5)6)30-15-16-40-23-17-22(36)20-9-7-8-10-21(20)25(23)37/h7-14,17,24,30H,15-16H2,1-6H3,(H,31,38). The molecule has 0 bridgehead atoms. The Bertz CT molecular complexity index is 1430. The van der Waals surface area contributed by atoms with Crippen LogP contribution in [0, 0.1) is 0 Å². The zero-order valence-electron chi connectivity index (χ0n) is 23.5. The predicted molar refractivity (Wildman–Crippen MR) is 155 cm³/mol. The number of amides is 1. The third-order valence-corrected chi connectivity index (χ3v) is 6.93. The molecule has 1 atom stereocenters. The smallest absolute Gasteiger partial charge is 0.412 e. The van der Waals surface area contributed by atoms with E-state index in [1.54, 1.807) is 61.9 Å². The zero-order chi connectivity index (χ0) is 29.1. The molecular formula is C29H34N6O4S. The highest BCUT2D eigenvalue weighted by Crippen LogP contribution is 2.29. The Morgan fingerprint density at radius 1 is 1.00 bits per heavy atom. The molecule has 1 unspecified atom stereocenters. The van der Waals surface area contributed by atoms with Gasteiger partial charge in [-0.1, -0.05) is 36.4 Å². The molecule has 0 saturated carbocycles. The van der Waals surface area contributed by atoms with E-state index in [9.17, 15) is 14.4 Å². The Balaban J connectivity index is 1.48. The number of tetrazole rings is 1. The van der Waals surface area contributed by atoms with E-state index in [0.29, 0.717) is 39.8 Å². The summed E-state index contributed by atoms with van der Waals surface area (Å²) in [4.78, 5) is 38.0. The van der Waals surface area contributed by atoms with Crippen molar-refractivity contribution in [3.05, 3.63) is 82.0 Å². The van der Waals surface area contributed by atoms with Crippen LogP contribution in [0.3, 0.4) is 0 Å². The maximum absolute atomic E-state index is 12.9. The van der Waals surface area contributed by atoms with E-state index in [1.807, 2.05) is 32.9 Å². The van der Waals surface area contributed by atoms with Gasteiger partial charge in [-0.3, -0.25) is 14.9 Å². The molecule has 1 heterocycles. The molecular weight excluding hydrogens is 528 g/mol. The van der Waals surface area contributed by atoms with Crippen LogP contribution in [0.4, 0.5) is 10.5 Å². The van der Waals surface area contributed by atoms with Gasteiger partial charge in [0.1, 0.15) is 5.60 Å². The molecule has 1 amide bonds. The summed E-state index contributed by atoms with van der Waals surface area (Å²) < 4.78 is 7.11. The predicted octanol–water partition coefficient (Wildman–Crippen LogP) is 5.15. The highest BCUT2D eigenvalue weighted by molar-refractivity contribution is 8.04. The van der Waals surface area contributed by atoms with Gasteiger partial charge in [-0.2, -0.15) is 0 Å². The van der Waals surface area contributed by atoms with Crippen molar-refractivity contribution in [1.29, 1.82) is 0 Å². The summed E-state index contributed by atoms with van der Waals surface area (Å²) in [6, 6.07) is 13.9. The van der Waals surface area contributed by atoms with Gasteiger partial charge < -0.3 is 10.1 Å². The van der Waals surface area contributed by atoms with Crippen LogP contribution < -0.4 is 10.6 Å². The number of rotatable bonds is 8. The lowest BCUT2D eigenvalue weighted by molar-refractivity contribution is 0.0635. The molecule has 0 fully saturated rings. The molecule has 1 aromatic heterocycles. The van der Waals surface area contributed by atoms with Crippen LogP contribution in [-0.2, 0) is 10.3 Å². The molecule has 0 spiro atoms. The number of benzene rings is 2. The van der Waals surface area contributed by atoms with E-state index < -0.39 is 11.7 Å². The summed E-state index contributed by atoms with van der Waals surface area (Å²) in [7, 11) is 0. The maximum atomic E-state index is 12.9. The molecule has 2 aromatic carbocycles. The Hall–Kier alpha value is -3.83. The van der Waals surface area contributed by atoms with Gasteiger partial charge in [-0.05, 0) is 69.7 Å². The number of ether oxygens (including phenoxy) is 1. The first-order chi connectivity index (χ1) is 18.8. The van der Waals surface area contributed by atoms with E-state index in [0.717, 1.165) is 5.56 Å². The largest absolute Gasteiger partial charge is 0.444 e. The van der Waals surface area contributed by atoms with Crippen molar-refractivity contribution in [2.45, 2.75) is 58.7 Å². The van der Waals surface area contributed by atoms with Gasteiger partial charge in [0.15, 0.2) is 17.4 Å². The second-order valence-electron chi connectivity index (χ2n) is 11.4. The van der Waals surface area contributed by atoms with Crippen molar-refractivity contribution in [2.75, 3.05) is 17.6 Å². The van der Waals surface area contributed by atoms with Gasteiger partial charge in [0.05, 0.1) is 16.5 Å². The molecule has 210 valence electrons. The summed E-state index contributed by atoms with van der Waals surface area (Å²) in [6.45, 7) is 12.0. The van der Waals surface area contributed by atoms with Crippen LogP contribution in [-0.4, -0.2) is 55.8 Å². The third-order valence-electron chi connectivity index (χ3n) is 5.91. The first-order valence-electron chi connectivity index (χ1n) is 13.0. The van der Waals surface area contributed by atoms with Crippen LogP contribution in [0.2, 0.25) is 0 Å². The number of hydrogen-bond donors (Lipinski definition) is 2. The SMILES string of the molecule is CC(C)(C)OC(=O)Nc1ccc(C(NCCSC2=CC(=O)c3ccccc3C2=O)c2nnnn2C(C)(C)C)cc1. The Morgan fingerprint density at radius 2 is 1.68 bits per heavy atom. The number of hydrogen-bond acceptors (Lipinski definition) is 9. The van der Waals surface area contributed by atoms with Crippen LogP contribution in [0.5, 0.6) is 0 Å². The van der Waals surface area contributed by atoms with Gasteiger partial charge in [0, 0.05) is 35.2 Å². The molecule has 1 aliphatic rings. The van der Waals surface area contributed by atoms with Gasteiger partial charge in [0.2, 0.25) is 0 Å². The van der Waals surface area contributed by atoms with Crippen molar-refractivity contribution in [2.24, 2.45) is 0 Å². The number of ketones is 2. The quantitative estimate of drug-likeness (QED) is 0.358. The van der Waals surface area contributed by atoms with Gasteiger partial charge in [0.25, 0.3) is 0 Å². The van der Waals surface area contributed by atoms with Crippen LogP contribution in [0.25, 0.3) is 0 Å². The summed E-state index contributed by atoms with van der Waals surface area (Å²) in [5.41, 5.74) is 1.39. The number of thioether (sulfide) groups is 1. The van der Waals surface area contributed by atoms with Crippen molar-refractivity contribution in [1.82, 2.24) is 25.5 Å². The first kappa shape index (κ1) is 29.2. The molecule has 4 rings (SSSR count). The molecule has 0 aliphatic heterocycles. The summed E-state index contributed by atoms with van der Waals surface area (Å²) in [6.07, 6.45) is 0.889. The average molecular weight is 563 g/mol. The molecule has 10 nitrogen and oxygen atoms in total.